The Hall–Kier alpha value is -3.50. The van der Waals surface area contributed by atoms with Crippen LogP contribution < -0.4 is 0 Å². The Bertz CT molecular complexity index is 1060. The Labute approximate surface area is 191 Å². The van der Waals surface area contributed by atoms with Gasteiger partial charge in [-0.25, -0.2) is 4.79 Å². The fourth-order valence-electron chi connectivity index (χ4n) is 3.58. The number of hydrogen-bond acceptors (Lipinski definition) is 3. The predicted molar refractivity (Wildman–Crippen MR) is 120 cm³/mol. The molecule has 0 bridgehead atoms. The van der Waals surface area contributed by atoms with Gasteiger partial charge in [-0.1, -0.05) is 54.3 Å². The summed E-state index contributed by atoms with van der Waals surface area (Å²) in [7, 11) is 0. The van der Waals surface area contributed by atoms with Gasteiger partial charge in [0.05, 0.1) is 17.7 Å². The average molecular weight is 453 g/mol. The highest BCUT2D eigenvalue weighted by Gasteiger charge is 2.52. The van der Waals surface area contributed by atoms with Crippen molar-refractivity contribution in [3.05, 3.63) is 83.4 Å². The molecule has 0 saturated carbocycles. The Morgan fingerprint density at radius 3 is 2.55 bits per heavy atom. The van der Waals surface area contributed by atoms with E-state index in [1.165, 1.54) is 24.3 Å². The molecular weight excluding hydrogens is 428 g/mol. The lowest BCUT2D eigenvalue weighted by atomic mass is 10.1. The van der Waals surface area contributed by atoms with Crippen molar-refractivity contribution in [2.24, 2.45) is 0 Å². The molecule has 2 unspecified atom stereocenters. The number of aliphatic hydroxyl groups is 1. The third kappa shape index (κ3) is 6.74. The van der Waals surface area contributed by atoms with Crippen LogP contribution in [0.2, 0.25) is 0 Å². The van der Waals surface area contributed by atoms with Crippen LogP contribution in [0.25, 0.3) is 0 Å². The van der Waals surface area contributed by atoms with Crippen LogP contribution in [0.15, 0.2) is 66.7 Å². The van der Waals surface area contributed by atoms with Crippen molar-refractivity contribution in [3.8, 4) is 11.8 Å². The second-order valence-corrected chi connectivity index (χ2v) is 7.89. The zero-order chi connectivity index (χ0) is 23.8. The molecule has 2 N–H and O–H groups in total. The van der Waals surface area contributed by atoms with Crippen LogP contribution in [-0.2, 0) is 11.2 Å². The van der Waals surface area contributed by atoms with Gasteiger partial charge in [0.15, 0.2) is 0 Å². The summed E-state index contributed by atoms with van der Waals surface area (Å²) in [6, 6.07) is 14.7. The molecular formula is C26H25F2NO4. The van der Waals surface area contributed by atoms with Crippen LogP contribution in [0.5, 0.6) is 0 Å². The number of benzene rings is 2. The predicted octanol–water partition coefficient (Wildman–Crippen LogP) is 3.91. The topological polar surface area (TPSA) is 77.8 Å². The van der Waals surface area contributed by atoms with Crippen LogP contribution in [0, 0.1) is 11.8 Å². The molecule has 0 radical (unpaired) electrons. The molecule has 1 fully saturated rings. The SMILES string of the molecule is O=C(O)c1ccc(CCN2C(=O)C(F)(F)CC2/C=C/C(O)CCC#Cc2ccccc2)cc1. The molecule has 1 aliphatic rings. The smallest absolute Gasteiger partial charge is 0.335 e. The molecule has 2 aromatic carbocycles. The number of halogens is 2. The molecule has 5 nitrogen and oxygen atoms in total. The number of carbonyl (C=O) groups is 2. The van der Waals surface area contributed by atoms with E-state index in [1.54, 1.807) is 12.1 Å². The summed E-state index contributed by atoms with van der Waals surface area (Å²) in [6.07, 6.45) is 2.51. The average Bonchev–Trinajstić information content (AvgIpc) is 3.02. The number of carboxylic acids is 1. The molecule has 1 saturated heterocycles. The van der Waals surface area contributed by atoms with Crippen molar-refractivity contribution in [2.45, 2.75) is 43.8 Å². The van der Waals surface area contributed by atoms with Crippen molar-refractivity contribution in [2.75, 3.05) is 6.54 Å². The number of nitrogens with zero attached hydrogens (tertiary/aromatic N) is 1. The molecule has 2 atom stereocenters. The van der Waals surface area contributed by atoms with Crippen molar-refractivity contribution in [3.63, 3.8) is 0 Å². The Kier molecular flexibility index (Phi) is 7.96. The normalized spacial score (nSPS) is 18.2. The summed E-state index contributed by atoms with van der Waals surface area (Å²) >= 11 is 0. The number of aliphatic hydroxyl groups excluding tert-OH is 1. The Morgan fingerprint density at radius 2 is 1.88 bits per heavy atom. The number of amides is 1. The molecule has 0 aliphatic carbocycles. The Morgan fingerprint density at radius 1 is 1.18 bits per heavy atom. The highest BCUT2D eigenvalue weighted by atomic mass is 19.3. The van der Waals surface area contributed by atoms with Crippen LogP contribution in [0.1, 0.15) is 40.7 Å². The van der Waals surface area contributed by atoms with Gasteiger partial charge in [-0.3, -0.25) is 4.79 Å². The summed E-state index contributed by atoms with van der Waals surface area (Å²) in [5.74, 6) is 0.232. The number of aromatic carboxylic acids is 1. The third-order valence-corrected chi connectivity index (χ3v) is 5.41. The minimum absolute atomic E-state index is 0.0640. The number of rotatable bonds is 8. The number of carbonyl (C=O) groups excluding carboxylic acids is 1. The summed E-state index contributed by atoms with van der Waals surface area (Å²) in [5, 5.41) is 19.1. The molecule has 172 valence electrons. The summed E-state index contributed by atoms with van der Waals surface area (Å²) in [5.41, 5.74) is 1.75. The first kappa shape index (κ1) is 24.1. The molecule has 33 heavy (non-hydrogen) atoms. The van der Waals surface area contributed by atoms with E-state index in [2.05, 4.69) is 11.8 Å². The van der Waals surface area contributed by atoms with Gasteiger partial charge in [0, 0.05) is 24.9 Å². The minimum Gasteiger partial charge on any atom is -0.478 e. The van der Waals surface area contributed by atoms with E-state index in [0.29, 0.717) is 19.3 Å². The first-order valence-corrected chi connectivity index (χ1v) is 10.7. The van der Waals surface area contributed by atoms with Gasteiger partial charge in [0.2, 0.25) is 0 Å². The standard InChI is InChI=1S/C26H25F2NO4/c27-26(28)18-22(14-15-23(30)9-5-4-8-19-6-2-1-3-7-19)29(25(26)33)17-16-20-10-12-21(13-11-20)24(31)32/h1-3,6-7,10-15,22-23,30H,5,9,16-18H2,(H,31,32)/b15-14+. The zero-order valence-corrected chi connectivity index (χ0v) is 18.0. The molecule has 1 amide bonds. The van der Waals surface area contributed by atoms with Gasteiger partial charge >= 0.3 is 11.9 Å². The maximum Gasteiger partial charge on any atom is 0.335 e. The second kappa shape index (κ2) is 10.9. The largest absolute Gasteiger partial charge is 0.478 e. The van der Waals surface area contributed by atoms with Crippen molar-refractivity contribution in [1.82, 2.24) is 4.90 Å². The molecule has 0 spiro atoms. The van der Waals surface area contributed by atoms with Gasteiger partial charge < -0.3 is 15.1 Å². The van der Waals surface area contributed by atoms with E-state index in [0.717, 1.165) is 16.0 Å². The quantitative estimate of drug-likeness (QED) is 0.469. The highest BCUT2D eigenvalue weighted by Crippen LogP contribution is 2.34. The number of likely N-dealkylation sites (tertiary alicyclic amines) is 1. The summed E-state index contributed by atoms with van der Waals surface area (Å²) in [6.45, 7) is 0.0640. The Balaban J connectivity index is 1.56. The molecule has 7 heteroatoms. The summed E-state index contributed by atoms with van der Waals surface area (Å²) in [4.78, 5) is 24.2. The first-order chi connectivity index (χ1) is 15.8. The molecule has 3 rings (SSSR count). The lowest BCUT2D eigenvalue weighted by Gasteiger charge is -2.22. The van der Waals surface area contributed by atoms with Gasteiger partial charge in [-0.2, -0.15) is 8.78 Å². The first-order valence-electron chi connectivity index (χ1n) is 10.7. The number of carboxylic acid groups (broad SMARTS) is 1. The van der Waals surface area contributed by atoms with Crippen LogP contribution in [0.3, 0.4) is 0 Å². The lowest BCUT2D eigenvalue weighted by molar-refractivity contribution is -0.148. The molecule has 0 aromatic heterocycles. The minimum atomic E-state index is -3.45. The zero-order valence-electron chi connectivity index (χ0n) is 18.0. The monoisotopic (exact) mass is 453 g/mol. The van der Waals surface area contributed by atoms with Gasteiger partial charge in [0.1, 0.15) is 0 Å². The van der Waals surface area contributed by atoms with E-state index in [1.807, 2.05) is 30.3 Å². The van der Waals surface area contributed by atoms with Crippen molar-refractivity contribution >= 4 is 11.9 Å². The van der Waals surface area contributed by atoms with Crippen molar-refractivity contribution in [1.29, 1.82) is 0 Å². The van der Waals surface area contributed by atoms with E-state index < -0.39 is 36.4 Å². The number of hydrogen-bond donors (Lipinski definition) is 2. The second-order valence-electron chi connectivity index (χ2n) is 7.89. The van der Waals surface area contributed by atoms with E-state index in [4.69, 9.17) is 5.11 Å². The fraction of sp³-hybridized carbons (Fsp3) is 0.308. The van der Waals surface area contributed by atoms with Crippen LogP contribution in [0.4, 0.5) is 8.78 Å². The van der Waals surface area contributed by atoms with Gasteiger partial charge in [-0.15, -0.1) is 0 Å². The highest BCUT2D eigenvalue weighted by molar-refractivity contribution is 5.87. The van der Waals surface area contributed by atoms with E-state index >= 15 is 0 Å². The number of alkyl halides is 2. The fourth-order valence-corrected chi connectivity index (χ4v) is 3.58. The van der Waals surface area contributed by atoms with Gasteiger partial charge in [-0.05, 0) is 42.7 Å². The van der Waals surface area contributed by atoms with Crippen LogP contribution in [-0.4, -0.2) is 51.6 Å². The van der Waals surface area contributed by atoms with Crippen LogP contribution >= 0.6 is 0 Å². The molecule has 1 heterocycles. The molecule has 1 aliphatic heterocycles. The maximum absolute atomic E-state index is 14.1. The molecule has 2 aromatic rings. The van der Waals surface area contributed by atoms with E-state index in [9.17, 15) is 23.5 Å². The lowest BCUT2D eigenvalue weighted by Crippen LogP contribution is -2.37. The van der Waals surface area contributed by atoms with Crippen molar-refractivity contribution < 1.29 is 28.6 Å². The van der Waals surface area contributed by atoms with E-state index in [-0.39, 0.29) is 12.1 Å². The third-order valence-electron chi connectivity index (χ3n) is 5.41. The summed E-state index contributed by atoms with van der Waals surface area (Å²) < 4.78 is 28.1. The van der Waals surface area contributed by atoms with Gasteiger partial charge in [0.25, 0.3) is 5.91 Å². The maximum atomic E-state index is 14.1.